The summed E-state index contributed by atoms with van der Waals surface area (Å²) in [5, 5.41) is 3.67. The molecule has 0 aromatic heterocycles. The van der Waals surface area contributed by atoms with E-state index in [-0.39, 0.29) is 37.7 Å². The molecule has 0 saturated heterocycles. The number of allylic oxidation sites excluding steroid dienone is 1. The number of hydrogen-bond donors (Lipinski definition) is 1. The molecule has 4 aromatic carbocycles. The van der Waals surface area contributed by atoms with Crippen LogP contribution < -0.4 is 5.32 Å². The Morgan fingerprint density at radius 3 is 1.83 bits per heavy atom. The zero-order valence-corrected chi connectivity index (χ0v) is 20.9. The molecule has 5 rings (SSSR count). The first-order valence-electron chi connectivity index (χ1n) is 12.2. The molecule has 0 fully saturated rings. The fourth-order valence-corrected chi connectivity index (χ4v) is 4.80. The Kier molecular flexibility index (Phi) is 12.5. The van der Waals surface area contributed by atoms with Crippen LogP contribution in [0.5, 0.6) is 0 Å². The van der Waals surface area contributed by atoms with Gasteiger partial charge in [-0.25, -0.2) is 4.40 Å². The number of hydrogen-bond acceptors (Lipinski definition) is 3. The monoisotopic (exact) mass is 518 g/mol. The van der Waals surface area contributed by atoms with Gasteiger partial charge in [-0.2, -0.15) is 0 Å². The minimum atomic E-state index is 0. The van der Waals surface area contributed by atoms with Crippen LogP contribution in [-0.2, 0) is 0 Å². The summed E-state index contributed by atoms with van der Waals surface area (Å²) in [5.41, 5.74) is 5.36. The van der Waals surface area contributed by atoms with Crippen molar-refractivity contribution < 1.29 is 0 Å². The fraction of sp³-hybridized carbons (Fsp3) is 0.156. The molecule has 1 heterocycles. The van der Waals surface area contributed by atoms with Gasteiger partial charge in [-0.15, -0.1) is 0 Å². The van der Waals surface area contributed by atoms with Gasteiger partial charge in [0.1, 0.15) is 0 Å². The van der Waals surface area contributed by atoms with Gasteiger partial charge in [0, 0.05) is 35.0 Å². The van der Waals surface area contributed by atoms with Crippen molar-refractivity contribution in [1.82, 2.24) is 5.32 Å². The van der Waals surface area contributed by atoms with Crippen LogP contribution in [0.1, 0.15) is 47.6 Å². The Bertz CT molecular complexity index is 1170. The zero-order chi connectivity index (χ0) is 24.1. The quantitative estimate of drug-likeness (QED) is 0.203. The summed E-state index contributed by atoms with van der Waals surface area (Å²) in [6.07, 6.45) is 6.92. The Balaban J connectivity index is 0.000000251. The molecule has 0 bridgehead atoms. The first-order chi connectivity index (χ1) is 17.3. The van der Waals surface area contributed by atoms with E-state index in [9.17, 15) is 0 Å². The Morgan fingerprint density at radius 1 is 0.694 bits per heavy atom. The van der Waals surface area contributed by atoms with E-state index in [0.29, 0.717) is 12.0 Å². The van der Waals surface area contributed by atoms with Gasteiger partial charge in [0.2, 0.25) is 0 Å². The fourth-order valence-electron chi connectivity index (χ4n) is 4.17. The summed E-state index contributed by atoms with van der Waals surface area (Å²) in [4.78, 5) is 1.22. The molecule has 0 spiro atoms. The van der Waals surface area contributed by atoms with Gasteiger partial charge < -0.3 is 5.32 Å². The number of benzene rings is 4. The second-order valence-electron chi connectivity index (χ2n) is 8.49. The minimum absolute atomic E-state index is 0. The third-order valence-corrected chi connectivity index (χ3v) is 6.88. The van der Waals surface area contributed by atoms with E-state index in [0.717, 1.165) is 13.0 Å². The Labute approximate surface area is 250 Å². The Hall–Kier alpha value is -2.14. The molecule has 180 valence electrons. The van der Waals surface area contributed by atoms with Crippen LogP contribution in [0.15, 0.2) is 131 Å². The molecular weight excluding hydrogens is 485 g/mol. The predicted octanol–water partition coefficient (Wildman–Crippen LogP) is 7.43. The molecule has 0 amide bonds. The van der Waals surface area contributed by atoms with Crippen molar-refractivity contribution in [1.29, 1.82) is 0 Å². The first kappa shape index (κ1) is 28.4. The van der Waals surface area contributed by atoms with Crippen molar-refractivity contribution in [2.24, 2.45) is 4.40 Å². The molecule has 0 saturated carbocycles. The summed E-state index contributed by atoms with van der Waals surface area (Å²) < 4.78 is 4.12. The van der Waals surface area contributed by atoms with E-state index in [1.165, 1.54) is 39.1 Å². The zero-order valence-electron chi connectivity index (χ0n) is 20.1. The van der Waals surface area contributed by atoms with E-state index in [1.54, 1.807) is 0 Å². The van der Waals surface area contributed by atoms with Gasteiger partial charge in [-0.1, -0.05) is 115 Å². The maximum atomic E-state index is 4.12. The van der Waals surface area contributed by atoms with E-state index in [4.69, 9.17) is 0 Å². The first-order valence-corrected chi connectivity index (χ1v) is 12.9. The number of fused-ring (bicyclic) bond motifs is 1. The van der Waals surface area contributed by atoms with Crippen molar-refractivity contribution in [3.8, 4) is 0 Å². The summed E-state index contributed by atoms with van der Waals surface area (Å²) in [6, 6.07) is 40.9. The molecule has 1 N–H and O–H groups in total. The number of nitrogens with zero attached hydrogens (tertiary/aromatic N) is 1. The topological polar surface area (TPSA) is 24.4 Å². The standard InChI is InChI=1S/C23H25N.C9H7NS.Ca.2H/c1-19(20-11-5-2-6-12-20)24-18-17-23(21-13-7-3-8-14-21)22-15-9-4-10-16-22;1-2-6-9-8(4-1)5-3-7-10-11-9;;;/h2-16,19,23-24H,17-18H2,1H3;1-7H;;;. The molecule has 0 aliphatic carbocycles. The molecule has 2 nitrogen and oxygen atoms in total. The van der Waals surface area contributed by atoms with Gasteiger partial charge in [0.15, 0.2) is 0 Å². The SMILES string of the molecule is C1=Cc2ccccc2SN=C1.CC(NCCC(c1ccccc1)c1ccccc1)c1ccccc1.[CaH2]. The molecule has 4 heteroatoms. The van der Waals surface area contributed by atoms with Crippen molar-refractivity contribution in [3.63, 3.8) is 0 Å². The normalized spacial score (nSPS) is 12.5. The second kappa shape index (κ2) is 15.9. The van der Waals surface area contributed by atoms with Crippen molar-refractivity contribution in [2.45, 2.75) is 30.2 Å². The Morgan fingerprint density at radius 2 is 1.22 bits per heavy atom. The van der Waals surface area contributed by atoms with E-state index in [2.05, 4.69) is 126 Å². The summed E-state index contributed by atoms with van der Waals surface area (Å²) in [6.45, 7) is 3.22. The van der Waals surface area contributed by atoms with Crippen LogP contribution in [0.3, 0.4) is 0 Å². The van der Waals surface area contributed by atoms with Gasteiger partial charge in [-0.05, 0) is 54.3 Å². The number of nitrogens with one attached hydrogen (secondary N) is 1. The van der Waals surface area contributed by atoms with Crippen molar-refractivity contribution in [3.05, 3.63) is 144 Å². The average Bonchev–Trinajstić information content (AvgIpc) is 3.19. The molecule has 1 aliphatic heterocycles. The van der Waals surface area contributed by atoms with Crippen LogP contribution in [-0.4, -0.2) is 50.5 Å². The molecule has 36 heavy (non-hydrogen) atoms. The van der Waals surface area contributed by atoms with Crippen LogP contribution in [0.4, 0.5) is 0 Å². The molecule has 1 unspecified atom stereocenters. The molecule has 4 aromatic rings. The molecule has 1 aliphatic rings. The van der Waals surface area contributed by atoms with E-state index < -0.39 is 0 Å². The average molecular weight is 519 g/mol. The van der Waals surface area contributed by atoms with Gasteiger partial charge >= 0.3 is 37.7 Å². The maximum absolute atomic E-state index is 4.12. The molecule has 0 radical (unpaired) electrons. The van der Waals surface area contributed by atoms with E-state index in [1.807, 2.05) is 24.4 Å². The third-order valence-electron chi connectivity index (χ3n) is 6.08. The van der Waals surface area contributed by atoms with Crippen LogP contribution in [0, 0.1) is 0 Å². The summed E-state index contributed by atoms with van der Waals surface area (Å²) in [7, 11) is 0. The van der Waals surface area contributed by atoms with Crippen molar-refractivity contribution in [2.75, 3.05) is 6.54 Å². The van der Waals surface area contributed by atoms with Crippen LogP contribution in [0.2, 0.25) is 0 Å². The molecule has 1 atom stereocenters. The third kappa shape index (κ3) is 8.76. The van der Waals surface area contributed by atoms with Crippen LogP contribution >= 0.6 is 11.9 Å². The predicted molar refractivity (Wildman–Crippen MR) is 161 cm³/mol. The summed E-state index contributed by atoms with van der Waals surface area (Å²) in [5.74, 6) is 0.433. The van der Waals surface area contributed by atoms with Gasteiger partial charge in [0.25, 0.3) is 0 Å². The van der Waals surface area contributed by atoms with Gasteiger partial charge in [-0.3, -0.25) is 0 Å². The summed E-state index contributed by atoms with van der Waals surface area (Å²) >= 11 is 1.52. The van der Waals surface area contributed by atoms with E-state index >= 15 is 0 Å². The second-order valence-corrected chi connectivity index (χ2v) is 9.33. The molecular formula is C32H34CaN2S. The van der Waals surface area contributed by atoms with Gasteiger partial charge in [0.05, 0.1) is 0 Å². The van der Waals surface area contributed by atoms with Crippen molar-refractivity contribution >= 4 is 62.0 Å². The van der Waals surface area contributed by atoms with Crippen LogP contribution in [0.25, 0.3) is 6.08 Å². The number of rotatable bonds is 7.